The molecule has 2 aliphatic heterocycles. The minimum absolute atomic E-state index is 0. The van der Waals surface area contributed by atoms with Crippen LogP contribution in [-0.4, -0.2) is 74.0 Å². The molecule has 2 saturated heterocycles. The van der Waals surface area contributed by atoms with E-state index >= 15 is 0 Å². The quantitative estimate of drug-likeness (QED) is 0.370. The van der Waals surface area contributed by atoms with E-state index < -0.39 is 0 Å². The van der Waals surface area contributed by atoms with Crippen LogP contribution in [0.4, 0.5) is 0 Å². The molecule has 0 bridgehead atoms. The van der Waals surface area contributed by atoms with Crippen molar-refractivity contribution in [3.63, 3.8) is 0 Å². The summed E-state index contributed by atoms with van der Waals surface area (Å²) in [5.74, 6) is 1.54. The highest BCUT2D eigenvalue weighted by molar-refractivity contribution is 14.0. The van der Waals surface area contributed by atoms with Crippen LogP contribution in [0.25, 0.3) is 0 Å². The third-order valence-corrected chi connectivity index (χ3v) is 5.69. The van der Waals surface area contributed by atoms with E-state index in [1.54, 1.807) is 0 Å². The van der Waals surface area contributed by atoms with E-state index in [9.17, 15) is 4.79 Å². The van der Waals surface area contributed by atoms with E-state index in [1.807, 2.05) is 7.05 Å². The summed E-state index contributed by atoms with van der Waals surface area (Å²) in [7, 11) is 1.82. The van der Waals surface area contributed by atoms with Crippen molar-refractivity contribution in [1.82, 2.24) is 20.4 Å². The van der Waals surface area contributed by atoms with Gasteiger partial charge in [0.2, 0.25) is 5.91 Å². The van der Waals surface area contributed by atoms with Gasteiger partial charge in [0.15, 0.2) is 5.96 Å². The number of aliphatic imine (C=N–C) groups is 1. The van der Waals surface area contributed by atoms with Crippen LogP contribution >= 0.6 is 24.0 Å². The predicted octanol–water partition coefficient (Wildman–Crippen LogP) is 1.66. The molecule has 1 amide bonds. The van der Waals surface area contributed by atoms with Crippen molar-refractivity contribution < 1.29 is 4.79 Å². The second-order valence-electron chi connectivity index (χ2n) is 7.44. The molecule has 3 aliphatic rings. The maximum atomic E-state index is 12.6. The van der Waals surface area contributed by atoms with Gasteiger partial charge in [0.05, 0.1) is 0 Å². The minimum atomic E-state index is 0. The van der Waals surface area contributed by atoms with Gasteiger partial charge in [0, 0.05) is 45.2 Å². The zero-order valence-electron chi connectivity index (χ0n) is 15.5. The number of nitrogens with one attached hydrogen (secondary N) is 2. The van der Waals surface area contributed by atoms with Gasteiger partial charge in [-0.2, -0.15) is 0 Å². The third-order valence-electron chi connectivity index (χ3n) is 5.69. The van der Waals surface area contributed by atoms with Gasteiger partial charge in [-0.05, 0) is 38.8 Å². The van der Waals surface area contributed by atoms with E-state index in [4.69, 9.17) is 0 Å². The summed E-state index contributed by atoms with van der Waals surface area (Å²) in [6.07, 6.45) is 8.28. The Balaban J connectivity index is 0.00000225. The average molecular weight is 463 g/mol. The molecular formula is C18H34IN5O. The highest BCUT2D eigenvalue weighted by Gasteiger charge is 2.31. The maximum absolute atomic E-state index is 12.6. The first kappa shape index (κ1) is 20.7. The number of hydrogen-bond donors (Lipinski definition) is 2. The summed E-state index contributed by atoms with van der Waals surface area (Å²) >= 11 is 0. The fourth-order valence-corrected chi connectivity index (χ4v) is 4.01. The lowest BCUT2D eigenvalue weighted by molar-refractivity contribution is -0.135. The van der Waals surface area contributed by atoms with E-state index in [0.29, 0.717) is 11.9 Å². The Kier molecular flexibility index (Phi) is 8.75. The number of likely N-dealkylation sites (tertiary alicyclic amines) is 2. The molecule has 0 radical (unpaired) electrons. The van der Waals surface area contributed by atoms with Gasteiger partial charge in [0.1, 0.15) is 0 Å². The highest BCUT2D eigenvalue weighted by Crippen LogP contribution is 2.26. The molecule has 1 saturated carbocycles. The Morgan fingerprint density at radius 2 is 1.84 bits per heavy atom. The number of guanidine groups is 1. The zero-order chi connectivity index (χ0) is 16.8. The molecule has 2 N–H and O–H groups in total. The molecule has 0 aromatic rings. The standard InChI is InChI=1S/C18H33N5O.HI/c1-19-18(20-9-13-22-10-5-11-22)21-16-8-12-23(14-16)17(24)15-6-3-2-4-7-15;/h15-16H,2-14H2,1H3,(H2,19,20,21);1H. The Morgan fingerprint density at radius 3 is 2.48 bits per heavy atom. The van der Waals surface area contributed by atoms with Crippen LogP contribution in [0.3, 0.4) is 0 Å². The van der Waals surface area contributed by atoms with Crippen molar-refractivity contribution in [2.45, 2.75) is 51.0 Å². The highest BCUT2D eigenvalue weighted by atomic mass is 127. The van der Waals surface area contributed by atoms with Gasteiger partial charge in [0.25, 0.3) is 0 Å². The fourth-order valence-electron chi connectivity index (χ4n) is 4.01. The minimum Gasteiger partial charge on any atom is -0.355 e. The van der Waals surface area contributed by atoms with Crippen LogP contribution in [0.5, 0.6) is 0 Å². The molecule has 6 nitrogen and oxygen atoms in total. The van der Waals surface area contributed by atoms with E-state index in [1.165, 1.54) is 38.8 Å². The molecule has 25 heavy (non-hydrogen) atoms. The molecule has 7 heteroatoms. The van der Waals surface area contributed by atoms with Crippen molar-refractivity contribution in [2.24, 2.45) is 10.9 Å². The van der Waals surface area contributed by atoms with Gasteiger partial charge < -0.3 is 20.4 Å². The van der Waals surface area contributed by atoms with Gasteiger partial charge in [-0.1, -0.05) is 19.3 Å². The molecule has 0 spiro atoms. The predicted molar refractivity (Wildman–Crippen MR) is 113 cm³/mol. The van der Waals surface area contributed by atoms with Gasteiger partial charge in [-0.25, -0.2) is 0 Å². The largest absolute Gasteiger partial charge is 0.355 e. The van der Waals surface area contributed by atoms with Gasteiger partial charge >= 0.3 is 0 Å². The first-order valence-corrected chi connectivity index (χ1v) is 9.74. The Morgan fingerprint density at radius 1 is 1.08 bits per heavy atom. The molecule has 3 rings (SSSR count). The average Bonchev–Trinajstić information content (AvgIpc) is 3.04. The second kappa shape index (κ2) is 10.5. The van der Waals surface area contributed by atoms with E-state index in [-0.39, 0.29) is 29.9 Å². The lowest BCUT2D eigenvalue weighted by Crippen LogP contribution is -2.48. The first-order valence-electron chi connectivity index (χ1n) is 9.74. The zero-order valence-corrected chi connectivity index (χ0v) is 17.8. The molecule has 1 atom stereocenters. The SMILES string of the molecule is CN=C(NCCN1CCC1)NC1CCN(C(=O)C2CCCCC2)C1.I. The number of rotatable bonds is 5. The van der Waals surface area contributed by atoms with Crippen molar-refractivity contribution >= 4 is 35.8 Å². The lowest BCUT2D eigenvalue weighted by atomic mass is 9.88. The summed E-state index contributed by atoms with van der Waals surface area (Å²) in [4.78, 5) is 21.5. The van der Waals surface area contributed by atoms with Crippen molar-refractivity contribution in [3.8, 4) is 0 Å². The normalized spacial score (nSPS) is 25.2. The number of amides is 1. The molecule has 0 aromatic carbocycles. The smallest absolute Gasteiger partial charge is 0.225 e. The summed E-state index contributed by atoms with van der Waals surface area (Å²) in [5, 5.41) is 6.89. The number of nitrogens with zero attached hydrogens (tertiary/aromatic N) is 3. The van der Waals surface area contributed by atoms with Crippen LogP contribution in [-0.2, 0) is 4.79 Å². The molecule has 144 valence electrons. The summed E-state index contributed by atoms with van der Waals surface area (Å²) < 4.78 is 0. The topological polar surface area (TPSA) is 60.0 Å². The van der Waals surface area contributed by atoms with Crippen LogP contribution in [0.2, 0.25) is 0 Å². The Labute approximate surface area is 169 Å². The molecule has 0 aromatic heterocycles. The molecule has 2 heterocycles. The van der Waals surface area contributed by atoms with Crippen molar-refractivity contribution in [1.29, 1.82) is 0 Å². The number of hydrogen-bond acceptors (Lipinski definition) is 3. The van der Waals surface area contributed by atoms with Crippen LogP contribution in [0.1, 0.15) is 44.9 Å². The second-order valence-corrected chi connectivity index (χ2v) is 7.44. The third kappa shape index (κ3) is 5.98. The summed E-state index contributed by atoms with van der Waals surface area (Å²) in [6, 6.07) is 0.327. The molecule has 1 aliphatic carbocycles. The molecule has 3 fully saturated rings. The first-order chi connectivity index (χ1) is 11.8. The van der Waals surface area contributed by atoms with Crippen LogP contribution < -0.4 is 10.6 Å². The Hall–Kier alpha value is -0.570. The van der Waals surface area contributed by atoms with E-state index in [2.05, 4.69) is 25.4 Å². The van der Waals surface area contributed by atoms with Crippen molar-refractivity contribution in [2.75, 3.05) is 46.3 Å². The van der Waals surface area contributed by atoms with Gasteiger partial charge in [-0.3, -0.25) is 9.79 Å². The molecule has 1 unspecified atom stereocenters. The van der Waals surface area contributed by atoms with E-state index in [0.717, 1.165) is 51.4 Å². The van der Waals surface area contributed by atoms with Crippen LogP contribution in [0, 0.1) is 5.92 Å². The lowest BCUT2D eigenvalue weighted by Gasteiger charge is -2.31. The van der Waals surface area contributed by atoms with Gasteiger partial charge in [-0.15, -0.1) is 24.0 Å². The monoisotopic (exact) mass is 463 g/mol. The van der Waals surface area contributed by atoms with Crippen LogP contribution in [0.15, 0.2) is 4.99 Å². The number of halogens is 1. The number of carbonyl (C=O) groups excluding carboxylic acids is 1. The molecular weight excluding hydrogens is 429 g/mol. The Bertz CT molecular complexity index is 449. The number of carbonyl (C=O) groups is 1. The maximum Gasteiger partial charge on any atom is 0.225 e. The fraction of sp³-hybridized carbons (Fsp3) is 0.889. The van der Waals surface area contributed by atoms with Crippen molar-refractivity contribution in [3.05, 3.63) is 0 Å². The summed E-state index contributed by atoms with van der Waals surface area (Å²) in [5.41, 5.74) is 0. The summed E-state index contributed by atoms with van der Waals surface area (Å²) in [6.45, 7) is 6.18.